The van der Waals surface area contributed by atoms with Gasteiger partial charge in [0.05, 0.1) is 30.8 Å². The third-order valence-corrected chi connectivity index (χ3v) is 7.21. The second-order valence-electron chi connectivity index (χ2n) is 7.05. The lowest BCUT2D eigenvalue weighted by Gasteiger charge is -2.43. The van der Waals surface area contributed by atoms with Crippen molar-refractivity contribution in [2.45, 2.75) is 12.0 Å². The van der Waals surface area contributed by atoms with Crippen molar-refractivity contribution in [3.8, 4) is 5.69 Å². The molecular formula is C19H22Cl2N4O2S. The molecule has 4 rings (SSSR count). The van der Waals surface area contributed by atoms with E-state index in [9.17, 15) is 4.79 Å². The Morgan fingerprint density at radius 3 is 2.64 bits per heavy atom. The van der Waals surface area contributed by atoms with E-state index in [4.69, 9.17) is 27.9 Å². The number of aromatic nitrogens is 2. The highest BCUT2D eigenvalue weighted by Crippen LogP contribution is 2.34. The molecule has 0 bridgehead atoms. The molecular weight excluding hydrogens is 419 g/mol. The van der Waals surface area contributed by atoms with Gasteiger partial charge in [-0.25, -0.2) is 0 Å². The predicted octanol–water partition coefficient (Wildman–Crippen LogP) is 3.16. The average Bonchev–Trinajstić information content (AvgIpc) is 3.21. The fourth-order valence-electron chi connectivity index (χ4n) is 3.72. The van der Waals surface area contributed by atoms with Crippen molar-refractivity contribution in [3.05, 3.63) is 50.9 Å². The molecule has 2 fully saturated rings. The molecule has 2 saturated heterocycles. The molecule has 6 nitrogen and oxygen atoms in total. The first-order valence-electron chi connectivity index (χ1n) is 9.27. The number of ether oxygens (including phenoxy) is 1. The second-order valence-corrected chi connectivity index (χ2v) is 8.97. The summed E-state index contributed by atoms with van der Waals surface area (Å²) < 4.78 is 6.80. The van der Waals surface area contributed by atoms with Crippen LogP contribution in [0.25, 0.3) is 5.69 Å². The van der Waals surface area contributed by atoms with Gasteiger partial charge < -0.3 is 10.1 Å². The number of nitrogens with one attached hydrogen (secondary N) is 1. The summed E-state index contributed by atoms with van der Waals surface area (Å²) in [7, 11) is 0. The van der Waals surface area contributed by atoms with E-state index < -0.39 is 0 Å². The third-order valence-electron chi connectivity index (χ3n) is 5.36. The molecule has 1 aromatic carbocycles. The minimum Gasteiger partial charge on any atom is -0.380 e. The molecule has 0 aliphatic carbocycles. The van der Waals surface area contributed by atoms with Crippen molar-refractivity contribution in [2.75, 3.05) is 49.7 Å². The van der Waals surface area contributed by atoms with E-state index in [0.717, 1.165) is 50.8 Å². The van der Waals surface area contributed by atoms with Crippen molar-refractivity contribution in [1.29, 1.82) is 0 Å². The highest BCUT2D eigenvalue weighted by atomic mass is 35.5. The molecule has 2 aromatic rings. The summed E-state index contributed by atoms with van der Waals surface area (Å²) >= 11 is 14.3. The summed E-state index contributed by atoms with van der Waals surface area (Å²) in [5.74, 6) is 2.20. The highest BCUT2D eigenvalue weighted by molar-refractivity contribution is 7.99. The van der Waals surface area contributed by atoms with E-state index in [1.807, 2.05) is 11.8 Å². The van der Waals surface area contributed by atoms with Crippen LogP contribution in [0.15, 0.2) is 35.3 Å². The second kappa shape index (κ2) is 8.63. The quantitative estimate of drug-likeness (QED) is 0.770. The Hall–Kier alpha value is -1.25. The lowest BCUT2D eigenvalue weighted by atomic mass is 9.95. The maximum atomic E-state index is 12.7. The van der Waals surface area contributed by atoms with Crippen molar-refractivity contribution in [1.82, 2.24) is 14.7 Å². The van der Waals surface area contributed by atoms with Crippen LogP contribution < -0.4 is 10.9 Å². The number of thioether (sulfide) groups is 1. The number of hydrogen-bond acceptors (Lipinski definition) is 6. The average molecular weight is 441 g/mol. The minimum atomic E-state index is -0.352. The van der Waals surface area contributed by atoms with E-state index in [0.29, 0.717) is 16.4 Å². The van der Waals surface area contributed by atoms with Crippen LogP contribution in [-0.2, 0) is 4.74 Å². The van der Waals surface area contributed by atoms with Crippen LogP contribution in [0.3, 0.4) is 0 Å². The number of nitrogens with zero attached hydrogens (tertiary/aromatic N) is 3. The van der Waals surface area contributed by atoms with Crippen LogP contribution in [-0.4, -0.2) is 64.6 Å². The van der Waals surface area contributed by atoms with E-state index in [1.165, 1.54) is 4.68 Å². The van der Waals surface area contributed by atoms with Gasteiger partial charge in [-0.3, -0.25) is 9.69 Å². The first kappa shape index (κ1) is 20.0. The summed E-state index contributed by atoms with van der Waals surface area (Å²) in [6.45, 7) is 4.14. The number of benzene rings is 1. The number of halogens is 2. The molecule has 9 heteroatoms. The highest BCUT2D eigenvalue weighted by Gasteiger charge is 2.40. The Morgan fingerprint density at radius 2 is 1.96 bits per heavy atom. The van der Waals surface area contributed by atoms with Gasteiger partial charge >= 0.3 is 0 Å². The summed E-state index contributed by atoms with van der Waals surface area (Å²) in [5, 5.41) is 8.44. The zero-order valence-corrected chi connectivity index (χ0v) is 17.7. The zero-order valence-electron chi connectivity index (χ0n) is 15.4. The van der Waals surface area contributed by atoms with Crippen LogP contribution in [0, 0.1) is 0 Å². The molecule has 0 radical (unpaired) electrons. The van der Waals surface area contributed by atoms with Gasteiger partial charge in [0.25, 0.3) is 5.56 Å². The molecule has 1 aromatic heterocycles. The molecule has 1 N–H and O–H groups in total. The van der Waals surface area contributed by atoms with Crippen LogP contribution in [0.4, 0.5) is 5.69 Å². The molecule has 150 valence electrons. The Morgan fingerprint density at radius 1 is 1.21 bits per heavy atom. The van der Waals surface area contributed by atoms with Gasteiger partial charge in [-0.1, -0.05) is 23.2 Å². The summed E-state index contributed by atoms with van der Waals surface area (Å²) in [5.41, 5.74) is 0.902. The molecule has 2 aliphatic rings. The molecule has 28 heavy (non-hydrogen) atoms. The van der Waals surface area contributed by atoms with E-state index in [-0.39, 0.29) is 16.1 Å². The van der Waals surface area contributed by atoms with Gasteiger partial charge in [0.2, 0.25) is 0 Å². The Labute approximate surface area is 178 Å². The largest absolute Gasteiger partial charge is 0.380 e. The van der Waals surface area contributed by atoms with Crippen LogP contribution in [0.1, 0.15) is 6.42 Å². The van der Waals surface area contributed by atoms with Crippen molar-refractivity contribution >= 4 is 40.7 Å². The number of rotatable bonds is 5. The summed E-state index contributed by atoms with van der Waals surface area (Å²) in [4.78, 5) is 15.2. The topological polar surface area (TPSA) is 59.4 Å². The van der Waals surface area contributed by atoms with Gasteiger partial charge in [0, 0.05) is 35.9 Å². The fourth-order valence-corrected chi connectivity index (χ4v) is 5.52. The van der Waals surface area contributed by atoms with Gasteiger partial charge in [0.1, 0.15) is 5.02 Å². The summed E-state index contributed by atoms with van der Waals surface area (Å²) in [6.07, 6.45) is 2.73. The maximum Gasteiger partial charge on any atom is 0.292 e. The first-order chi connectivity index (χ1) is 13.6. The van der Waals surface area contributed by atoms with E-state index >= 15 is 0 Å². The molecule has 0 saturated carbocycles. The molecule has 0 amide bonds. The Balaban J connectivity index is 1.54. The van der Waals surface area contributed by atoms with E-state index in [1.54, 1.807) is 30.5 Å². The smallest absolute Gasteiger partial charge is 0.292 e. The zero-order chi connectivity index (χ0) is 19.6. The standard InChI is InChI=1S/C19H22Cl2N4O2S/c20-14-1-3-15(4-2-14)25-18(26)17(21)16(11-23-25)22-12-19(5-10-28-13-19)24-6-8-27-9-7-24/h1-4,11,22H,5-10,12-13H2. The molecule has 2 aliphatic heterocycles. The lowest BCUT2D eigenvalue weighted by molar-refractivity contribution is -0.00920. The first-order valence-corrected chi connectivity index (χ1v) is 11.2. The fraction of sp³-hybridized carbons (Fsp3) is 0.474. The van der Waals surface area contributed by atoms with Gasteiger partial charge in [-0.15, -0.1) is 0 Å². The van der Waals surface area contributed by atoms with E-state index in [2.05, 4.69) is 15.3 Å². The normalized spacial score (nSPS) is 23.1. The number of hydrogen-bond donors (Lipinski definition) is 1. The van der Waals surface area contributed by atoms with Crippen LogP contribution in [0.5, 0.6) is 0 Å². The molecule has 1 atom stereocenters. The predicted molar refractivity (Wildman–Crippen MR) is 115 cm³/mol. The molecule has 1 unspecified atom stereocenters. The molecule has 3 heterocycles. The van der Waals surface area contributed by atoms with Crippen molar-refractivity contribution in [3.63, 3.8) is 0 Å². The summed E-state index contributed by atoms with van der Waals surface area (Å²) in [6, 6.07) is 6.91. The lowest BCUT2D eigenvalue weighted by Crippen LogP contribution is -2.57. The third kappa shape index (κ3) is 4.04. The van der Waals surface area contributed by atoms with Gasteiger partial charge in [-0.2, -0.15) is 21.5 Å². The van der Waals surface area contributed by atoms with Crippen LogP contribution >= 0.6 is 35.0 Å². The Kier molecular flexibility index (Phi) is 6.18. The monoisotopic (exact) mass is 440 g/mol. The molecule has 0 spiro atoms. The number of anilines is 1. The maximum absolute atomic E-state index is 12.7. The SMILES string of the molecule is O=c1c(Cl)c(NCC2(N3CCOCC3)CCSC2)cnn1-c1ccc(Cl)cc1. The van der Waals surface area contributed by atoms with Crippen LogP contribution in [0.2, 0.25) is 10.0 Å². The van der Waals surface area contributed by atoms with Gasteiger partial charge in [0.15, 0.2) is 0 Å². The van der Waals surface area contributed by atoms with Gasteiger partial charge in [-0.05, 0) is 36.4 Å². The van der Waals surface area contributed by atoms with Crippen molar-refractivity contribution < 1.29 is 4.74 Å². The minimum absolute atomic E-state index is 0.0583. The van der Waals surface area contributed by atoms with Crippen molar-refractivity contribution in [2.24, 2.45) is 0 Å². The number of morpholine rings is 1. The Bertz CT molecular complexity index is 878.